The number of rotatable bonds is 9. The van der Waals surface area contributed by atoms with E-state index in [1.54, 1.807) is 12.1 Å². The minimum atomic E-state index is -0.600. The zero-order chi connectivity index (χ0) is 24.2. The summed E-state index contributed by atoms with van der Waals surface area (Å²) in [7, 11) is 3.92. The summed E-state index contributed by atoms with van der Waals surface area (Å²) in [6, 6.07) is 12.0. The second-order valence-corrected chi connectivity index (χ2v) is 9.48. The van der Waals surface area contributed by atoms with E-state index in [4.69, 9.17) is 4.74 Å². The Hall–Kier alpha value is -2.93. The lowest BCUT2D eigenvalue weighted by Crippen LogP contribution is -2.42. The molecule has 2 atom stereocenters. The molecule has 182 valence electrons. The summed E-state index contributed by atoms with van der Waals surface area (Å²) in [6.45, 7) is 3.87. The quantitative estimate of drug-likeness (QED) is 0.613. The van der Waals surface area contributed by atoms with Gasteiger partial charge in [0.05, 0.1) is 6.04 Å². The van der Waals surface area contributed by atoms with Gasteiger partial charge in [-0.2, -0.15) is 0 Å². The van der Waals surface area contributed by atoms with Crippen LogP contribution in [0.5, 0.6) is 5.75 Å². The number of ether oxygens (including phenoxy) is 1. The molecule has 2 unspecified atom stereocenters. The van der Waals surface area contributed by atoms with Crippen molar-refractivity contribution in [1.29, 1.82) is 0 Å². The molecule has 0 saturated heterocycles. The summed E-state index contributed by atoms with van der Waals surface area (Å²) >= 11 is 0. The van der Waals surface area contributed by atoms with Gasteiger partial charge in [-0.1, -0.05) is 25.1 Å². The number of carbonyl (C=O) groups is 2. The molecule has 2 amide bonds. The van der Waals surface area contributed by atoms with Crippen LogP contribution >= 0.6 is 0 Å². The van der Waals surface area contributed by atoms with Gasteiger partial charge in [-0.15, -0.1) is 0 Å². The van der Waals surface area contributed by atoms with E-state index in [0.29, 0.717) is 25.3 Å². The average molecular weight is 468 g/mol. The lowest BCUT2D eigenvalue weighted by atomic mass is 9.87. The Bertz CT molecular complexity index is 1020. The number of carbonyl (C=O) groups excluding carboxylic acids is 2. The molecule has 6 nitrogen and oxygen atoms in total. The molecule has 1 heterocycles. The normalized spacial score (nSPS) is 18.4. The zero-order valence-corrected chi connectivity index (χ0v) is 20.2. The van der Waals surface area contributed by atoms with Crippen molar-refractivity contribution in [3.8, 4) is 5.75 Å². The maximum absolute atomic E-state index is 13.7. The molecule has 1 fully saturated rings. The SMILES string of the molecule is CCC(Oc1ccc2c(c1)C(c1ccc(F)cc1)N(C(=O)C1CC1)CC2)C(=O)NCCN(C)C. The fourth-order valence-electron chi connectivity index (χ4n) is 4.48. The van der Waals surface area contributed by atoms with Crippen molar-refractivity contribution < 1.29 is 18.7 Å². The van der Waals surface area contributed by atoms with Gasteiger partial charge >= 0.3 is 0 Å². The summed E-state index contributed by atoms with van der Waals surface area (Å²) in [5.41, 5.74) is 3.00. The fraction of sp³-hybridized carbons (Fsp3) is 0.481. The maximum Gasteiger partial charge on any atom is 0.261 e. The van der Waals surface area contributed by atoms with E-state index in [1.807, 2.05) is 49.0 Å². The van der Waals surface area contributed by atoms with Crippen LogP contribution in [0.4, 0.5) is 4.39 Å². The molecule has 4 rings (SSSR count). The number of hydrogen-bond acceptors (Lipinski definition) is 4. The number of fused-ring (bicyclic) bond motifs is 1. The standard InChI is InChI=1S/C27H34FN3O3/c1-4-24(26(32)29-14-16-30(2)3)34-22-12-9-18-13-15-31(27(33)20-5-6-20)25(23(18)17-22)19-7-10-21(28)11-8-19/h7-12,17,20,24-25H,4-6,13-16H2,1-3H3,(H,29,32). The molecule has 2 aromatic carbocycles. The first kappa shape index (κ1) is 24.2. The molecule has 0 radical (unpaired) electrons. The highest BCUT2D eigenvalue weighted by molar-refractivity contribution is 5.82. The Morgan fingerprint density at radius 2 is 1.91 bits per heavy atom. The number of nitrogens with zero attached hydrogens (tertiary/aromatic N) is 2. The van der Waals surface area contributed by atoms with Gasteiger partial charge in [-0.25, -0.2) is 4.39 Å². The van der Waals surface area contributed by atoms with Gasteiger partial charge < -0.3 is 19.9 Å². The lowest BCUT2D eigenvalue weighted by molar-refractivity contribution is -0.134. The third-order valence-electron chi connectivity index (χ3n) is 6.54. The summed E-state index contributed by atoms with van der Waals surface area (Å²) in [5.74, 6) is 0.421. The average Bonchev–Trinajstić information content (AvgIpc) is 3.67. The van der Waals surface area contributed by atoms with Crippen LogP contribution in [0, 0.1) is 11.7 Å². The summed E-state index contributed by atoms with van der Waals surface area (Å²) in [6.07, 6.45) is 2.56. The Kier molecular flexibility index (Phi) is 7.51. The Morgan fingerprint density at radius 1 is 1.18 bits per heavy atom. The van der Waals surface area contributed by atoms with Gasteiger partial charge in [0.25, 0.3) is 5.91 Å². The first-order valence-electron chi connectivity index (χ1n) is 12.1. The van der Waals surface area contributed by atoms with Gasteiger partial charge in [-0.3, -0.25) is 9.59 Å². The van der Waals surface area contributed by atoms with E-state index in [2.05, 4.69) is 5.32 Å². The van der Waals surface area contributed by atoms with E-state index in [1.165, 1.54) is 12.1 Å². The van der Waals surface area contributed by atoms with Gasteiger partial charge in [-0.05, 0) is 80.7 Å². The summed E-state index contributed by atoms with van der Waals surface area (Å²) in [4.78, 5) is 29.7. The third kappa shape index (κ3) is 5.58. The van der Waals surface area contributed by atoms with Crippen molar-refractivity contribution in [2.45, 2.75) is 44.8 Å². The van der Waals surface area contributed by atoms with Crippen molar-refractivity contribution in [1.82, 2.24) is 15.1 Å². The monoisotopic (exact) mass is 467 g/mol. The molecule has 1 saturated carbocycles. The van der Waals surface area contributed by atoms with E-state index in [9.17, 15) is 14.0 Å². The number of nitrogens with one attached hydrogen (secondary N) is 1. The number of hydrogen-bond donors (Lipinski definition) is 1. The van der Waals surface area contributed by atoms with Crippen molar-refractivity contribution in [3.05, 3.63) is 65.0 Å². The number of benzene rings is 2. The molecule has 2 aliphatic rings. The molecular weight excluding hydrogens is 433 g/mol. The number of likely N-dealkylation sites (N-methyl/N-ethyl adjacent to an activating group) is 1. The van der Waals surface area contributed by atoms with Crippen molar-refractivity contribution >= 4 is 11.8 Å². The highest BCUT2D eigenvalue weighted by Crippen LogP contribution is 2.41. The molecular formula is C27H34FN3O3. The van der Waals surface area contributed by atoms with Crippen LogP contribution < -0.4 is 10.1 Å². The summed E-state index contributed by atoms with van der Waals surface area (Å²) in [5, 5.41) is 2.93. The first-order valence-corrected chi connectivity index (χ1v) is 12.1. The predicted molar refractivity (Wildman–Crippen MR) is 129 cm³/mol. The van der Waals surface area contributed by atoms with Crippen LogP contribution in [0.3, 0.4) is 0 Å². The highest BCUT2D eigenvalue weighted by atomic mass is 19.1. The van der Waals surface area contributed by atoms with E-state index < -0.39 is 6.10 Å². The fourth-order valence-corrected chi connectivity index (χ4v) is 4.48. The van der Waals surface area contributed by atoms with E-state index in [-0.39, 0.29) is 29.6 Å². The molecule has 0 aromatic heterocycles. The molecule has 2 aromatic rings. The smallest absolute Gasteiger partial charge is 0.261 e. The van der Waals surface area contributed by atoms with Crippen LogP contribution in [0.15, 0.2) is 42.5 Å². The van der Waals surface area contributed by atoms with Crippen molar-refractivity contribution in [2.75, 3.05) is 33.7 Å². The van der Waals surface area contributed by atoms with Crippen LogP contribution in [0.2, 0.25) is 0 Å². The Morgan fingerprint density at radius 3 is 2.56 bits per heavy atom. The molecule has 1 aliphatic carbocycles. The minimum absolute atomic E-state index is 0.0965. The van der Waals surface area contributed by atoms with Gasteiger partial charge in [0.2, 0.25) is 5.91 Å². The van der Waals surface area contributed by atoms with Crippen LogP contribution in [0.1, 0.15) is 48.9 Å². The van der Waals surface area contributed by atoms with Gasteiger partial charge in [0.1, 0.15) is 11.6 Å². The number of amides is 2. The molecule has 0 bridgehead atoms. The van der Waals surface area contributed by atoms with Crippen LogP contribution in [-0.4, -0.2) is 61.4 Å². The van der Waals surface area contributed by atoms with E-state index >= 15 is 0 Å². The topological polar surface area (TPSA) is 61.9 Å². The molecule has 7 heteroatoms. The van der Waals surface area contributed by atoms with Gasteiger partial charge in [0, 0.05) is 25.6 Å². The lowest BCUT2D eigenvalue weighted by Gasteiger charge is -2.38. The Balaban J connectivity index is 1.59. The molecule has 1 aliphatic heterocycles. The van der Waals surface area contributed by atoms with E-state index in [0.717, 1.165) is 42.5 Å². The molecule has 1 N–H and O–H groups in total. The van der Waals surface area contributed by atoms with Crippen molar-refractivity contribution in [3.63, 3.8) is 0 Å². The second kappa shape index (κ2) is 10.6. The largest absolute Gasteiger partial charge is 0.481 e. The second-order valence-electron chi connectivity index (χ2n) is 9.48. The summed E-state index contributed by atoms with van der Waals surface area (Å²) < 4.78 is 19.8. The minimum Gasteiger partial charge on any atom is -0.481 e. The molecule has 34 heavy (non-hydrogen) atoms. The van der Waals surface area contributed by atoms with Gasteiger partial charge in [0.15, 0.2) is 6.10 Å². The van der Waals surface area contributed by atoms with Crippen LogP contribution in [0.25, 0.3) is 0 Å². The Labute approximate surface area is 201 Å². The van der Waals surface area contributed by atoms with Crippen molar-refractivity contribution in [2.24, 2.45) is 5.92 Å². The number of halogens is 1. The third-order valence-corrected chi connectivity index (χ3v) is 6.54. The maximum atomic E-state index is 13.7. The first-order chi connectivity index (χ1) is 16.4. The highest BCUT2D eigenvalue weighted by Gasteiger charge is 2.39. The van der Waals surface area contributed by atoms with Crippen LogP contribution in [-0.2, 0) is 16.0 Å². The zero-order valence-electron chi connectivity index (χ0n) is 20.2. The molecule has 0 spiro atoms. The predicted octanol–water partition coefficient (Wildman–Crippen LogP) is 3.55.